The number of hydrogen-bond acceptors (Lipinski definition) is 2. The molecule has 0 radical (unpaired) electrons. The van der Waals surface area contributed by atoms with Crippen molar-refractivity contribution in [2.24, 2.45) is 5.92 Å². The van der Waals surface area contributed by atoms with E-state index in [-0.39, 0.29) is 0 Å². The Balaban J connectivity index is 1.57. The Hall–Kier alpha value is -1.22. The van der Waals surface area contributed by atoms with Crippen LogP contribution in [0.15, 0.2) is 24.3 Å². The van der Waals surface area contributed by atoms with Crippen molar-refractivity contribution < 1.29 is 14.4 Å². The van der Waals surface area contributed by atoms with Crippen molar-refractivity contribution in [3.63, 3.8) is 0 Å². The number of piperidine rings is 1. The molecule has 0 amide bonds. The van der Waals surface area contributed by atoms with Crippen LogP contribution < -0.4 is 14.4 Å². The highest BCUT2D eigenvalue weighted by Crippen LogP contribution is 2.18. The quantitative estimate of drug-likeness (QED) is 0.773. The molecule has 20 heavy (non-hydrogen) atoms. The number of ether oxygens (including phenoxy) is 2. The summed E-state index contributed by atoms with van der Waals surface area (Å²) in [6.45, 7) is 7.19. The lowest BCUT2D eigenvalue weighted by Gasteiger charge is -2.27. The second-order valence-electron chi connectivity index (χ2n) is 5.92. The third kappa shape index (κ3) is 5.04. The largest absolute Gasteiger partial charge is 0.497 e. The van der Waals surface area contributed by atoms with Gasteiger partial charge >= 0.3 is 0 Å². The first kappa shape index (κ1) is 15.2. The van der Waals surface area contributed by atoms with Crippen molar-refractivity contribution in [3.05, 3.63) is 24.3 Å². The van der Waals surface area contributed by atoms with Crippen LogP contribution in [0.1, 0.15) is 32.6 Å². The van der Waals surface area contributed by atoms with E-state index in [4.69, 9.17) is 9.47 Å². The summed E-state index contributed by atoms with van der Waals surface area (Å²) in [4.78, 5) is 1.78. The Morgan fingerprint density at radius 3 is 2.65 bits per heavy atom. The second kappa shape index (κ2) is 8.15. The summed E-state index contributed by atoms with van der Waals surface area (Å²) in [7, 11) is 1.68. The molecule has 1 heterocycles. The number of hydrogen-bond donors (Lipinski definition) is 1. The minimum Gasteiger partial charge on any atom is -0.497 e. The van der Waals surface area contributed by atoms with Crippen LogP contribution >= 0.6 is 0 Å². The van der Waals surface area contributed by atoms with Crippen molar-refractivity contribution >= 4 is 0 Å². The van der Waals surface area contributed by atoms with Crippen molar-refractivity contribution in [2.45, 2.75) is 32.6 Å². The third-order valence-electron chi connectivity index (χ3n) is 4.22. The van der Waals surface area contributed by atoms with E-state index >= 15 is 0 Å². The molecule has 3 nitrogen and oxygen atoms in total. The molecular weight excluding hydrogens is 250 g/mol. The van der Waals surface area contributed by atoms with Gasteiger partial charge in [-0.25, -0.2) is 0 Å². The maximum atomic E-state index is 5.77. The lowest BCUT2D eigenvalue weighted by atomic mass is 9.99. The van der Waals surface area contributed by atoms with Gasteiger partial charge in [0.2, 0.25) is 0 Å². The highest BCUT2D eigenvalue weighted by Gasteiger charge is 2.17. The Kier molecular flexibility index (Phi) is 6.19. The van der Waals surface area contributed by atoms with Gasteiger partial charge in [0.25, 0.3) is 0 Å². The van der Waals surface area contributed by atoms with Gasteiger partial charge in [0.15, 0.2) is 0 Å². The number of methoxy groups -OCH3 is 1. The van der Waals surface area contributed by atoms with Gasteiger partial charge in [-0.15, -0.1) is 0 Å². The van der Waals surface area contributed by atoms with E-state index in [0.29, 0.717) is 0 Å². The lowest BCUT2D eigenvalue weighted by molar-refractivity contribution is -0.906. The van der Waals surface area contributed by atoms with Gasteiger partial charge in [-0.3, -0.25) is 0 Å². The summed E-state index contributed by atoms with van der Waals surface area (Å²) >= 11 is 0. The van der Waals surface area contributed by atoms with Crippen LogP contribution in [0.25, 0.3) is 0 Å². The molecular formula is C17H28NO2+. The van der Waals surface area contributed by atoms with E-state index in [1.54, 1.807) is 12.0 Å². The summed E-state index contributed by atoms with van der Waals surface area (Å²) < 4.78 is 11.0. The molecule has 1 fully saturated rings. The topological polar surface area (TPSA) is 22.9 Å². The predicted molar refractivity (Wildman–Crippen MR) is 81.7 cm³/mol. The fourth-order valence-corrected chi connectivity index (χ4v) is 2.78. The molecule has 112 valence electrons. The summed E-state index contributed by atoms with van der Waals surface area (Å²) in [5.41, 5.74) is 0. The van der Waals surface area contributed by atoms with Crippen LogP contribution in [-0.2, 0) is 0 Å². The minimum absolute atomic E-state index is 0.802. The molecule has 0 aromatic heterocycles. The molecule has 1 aromatic carbocycles. The van der Waals surface area contributed by atoms with Gasteiger partial charge in [-0.05, 0) is 43.7 Å². The number of nitrogens with one attached hydrogen (secondary N) is 1. The van der Waals surface area contributed by atoms with Crippen molar-refractivity contribution in [3.8, 4) is 11.5 Å². The zero-order valence-electron chi connectivity index (χ0n) is 12.9. The maximum absolute atomic E-state index is 5.77. The number of rotatable bonds is 7. The van der Waals surface area contributed by atoms with Crippen LogP contribution in [0.5, 0.6) is 11.5 Å². The summed E-state index contributed by atoms with van der Waals surface area (Å²) in [5, 5.41) is 0. The highest BCUT2D eigenvalue weighted by molar-refractivity contribution is 5.32. The van der Waals surface area contributed by atoms with Gasteiger partial charge in [-0.1, -0.05) is 13.0 Å². The Morgan fingerprint density at radius 2 is 1.90 bits per heavy atom. The monoisotopic (exact) mass is 278 g/mol. The lowest BCUT2D eigenvalue weighted by Crippen LogP contribution is -3.13. The van der Waals surface area contributed by atoms with Gasteiger partial charge in [-0.2, -0.15) is 0 Å². The molecule has 2 rings (SSSR count). The molecule has 0 atom stereocenters. The first-order valence-electron chi connectivity index (χ1n) is 7.88. The molecule has 0 bridgehead atoms. The zero-order chi connectivity index (χ0) is 14.2. The Labute approximate surface area is 122 Å². The van der Waals surface area contributed by atoms with Crippen LogP contribution in [-0.4, -0.2) is 33.4 Å². The van der Waals surface area contributed by atoms with Crippen molar-refractivity contribution in [1.82, 2.24) is 0 Å². The highest BCUT2D eigenvalue weighted by atomic mass is 16.5. The Bertz CT molecular complexity index is 386. The summed E-state index contributed by atoms with van der Waals surface area (Å²) in [5.74, 6) is 2.70. The van der Waals surface area contributed by atoms with E-state index in [1.807, 2.05) is 24.3 Å². The molecule has 0 unspecified atom stereocenters. The molecule has 1 aliphatic heterocycles. The van der Waals surface area contributed by atoms with Gasteiger partial charge < -0.3 is 14.4 Å². The molecule has 1 aliphatic rings. The summed E-state index contributed by atoms with van der Waals surface area (Å²) in [6.07, 6.45) is 5.19. The normalized spacial score (nSPS) is 22.5. The van der Waals surface area contributed by atoms with E-state index < -0.39 is 0 Å². The number of benzene rings is 1. The van der Waals surface area contributed by atoms with E-state index in [9.17, 15) is 0 Å². The first-order valence-corrected chi connectivity index (χ1v) is 7.88. The Morgan fingerprint density at radius 1 is 1.15 bits per heavy atom. The van der Waals surface area contributed by atoms with Gasteiger partial charge in [0.1, 0.15) is 11.5 Å². The molecule has 0 aliphatic carbocycles. The van der Waals surface area contributed by atoms with Crippen LogP contribution in [0, 0.1) is 5.92 Å². The molecule has 0 spiro atoms. The van der Waals surface area contributed by atoms with E-state index in [1.165, 1.54) is 38.9 Å². The van der Waals surface area contributed by atoms with Crippen LogP contribution in [0.2, 0.25) is 0 Å². The minimum atomic E-state index is 0.802. The van der Waals surface area contributed by atoms with Gasteiger partial charge in [0.05, 0.1) is 33.4 Å². The zero-order valence-corrected chi connectivity index (χ0v) is 12.9. The van der Waals surface area contributed by atoms with Crippen LogP contribution in [0.4, 0.5) is 0 Å². The second-order valence-corrected chi connectivity index (χ2v) is 5.92. The fourth-order valence-electron chi connectivity index (χ4n) is 2.78. The van der Waals surface area contributed by atoms with Crippen molar-refractivity contribution in [1.29, 1.82) is 0 Å². The number of quaternary nitrogens is 1. The average molecular weight is 278 g/mol. The first-order chi connectivity index (χ1) is 9.78. The SMILES string of the molecule is COc1cccc(OCCCC[NH+]2CCC(C)CC2)c1. The van der Waals surface area contributed by atoms with E-state index in [0.717, 1.165) is 30.4 Å². The standard InChI is InChI=1S/C17H27NO2/c1-15-8-11-18(12-9-15)10-3-4-13-20-17-7-5-6-16(14-17)19-2/h5-7,14-15H,3-4,8-13H2,1-2H3/p+1. The van der Waals surface area contributed by atoms with Crippen LogP contribution in [0.3, 0.4) is 0 Å². The molecule has 3 heteroatoms. The summed E-state index contributed by atoms with van der Waals surface area (Å²) in [6, 6.07) is 7.83. The number of likely N-dealkylation sites (tertiary alicyclic amines) is 1. The number of unbranched alkanes of at least 4 members (excludes halogenated alkanes) is 1. The van der Waals surface area contributed by atoms with E-state index in [2.05, 4.69) is 6.92 Å². The van der Waals surface area contributed by atoms with Crippen molar-refractivity contribution in [2.75, 3.05) is 33.4 Å². The third-order valence-corrected chi connectivity index (χ3v) is 4.22. The fraction of sp³-hybridized carbons (Fsp3) is 0.647. The predicted octanol–water partition coefficient (Wildman–Crippen LogP) is 2.17. The molecule has 0 saturated carbocycles. The molecule has 1 aromatic rings. The molecule has 1 saturated heterocycles. The smallest absolute Gasteiger partial charge is 0.122 e. The van der Waals surface area contributed by atoms with Gasteiger partial charge in [0, 0.05) is 6.07 Å². The average Bonchev–Trinajstić information content (AvgIpc) is 2.49. The maximum Gasteiger partial charge on any atom is 0.122 e. The molecule has 1 N–H and O–H groups in total.